The summed E-state index contributed by atoms with van der Waals surface area (Å²) in [6.07, 6.45) is 12.9. The smallest absolute Gasteiger partial charge is 0.259 e. The minimum absolute atomic E-state index is 0.363. The topological polar surface area (TPSA) is 93.8 Å². The number of carbonyl (C=O) groups is 2. The fourth-order valence-corrected chi connectivity index (χ4v) is 5.32. The van der Waals surface area contributed by atoms with E-state index in [9.17, 15) is 9.59 Å². The first-order chi connectivity index (χ1) is 17.2. The highest BCUT2D eigenvalue weighted by Crippen LogP contribution is 2.38. The molecule has 0 fully saturated rings. The Kier molecular flexibility index (Phi) is 5.66. The molecule has 0 radical (unpaired) electrons. The number of rotatable bonds is 0. The predicted molar refractivity (Wildman–Crippen MR) is 135 cm³/mol. The van der Waals surface area contributed by atoms with Crippen molar-refractivity contribution in [2.75, 3.05) is 13.1 Å². The van der Waals surface area contributed by atoms with Gasteiger partial charge in [-0.1, -0.05) is 6.42 Å². The Labute approximate surface area is 203 Å². The zero-order chi connectivity index (χ0) is 23.8. The van der Waals surface area contributed by atoms with Crippen LogP contribution < -0.4 is 10.6 Å². The number of carbonyl (C=O) groups excluding carboxylic acids is 2. The summed E-state index contributed by atoms with van der Waals surface area (Å²) in [6.45, 7) is 3.62. The number of hydrogen-bond acceptors (Lipinski definition) is 5. The molecule has 0 aromatic carbocycles. The fourth-order valence-electron chi connectivity index (χ4n) is 5.32. The van der Waals surface area contributed by atoms with Gasteiger partial charge in [-0.3, -0.25) is 14.9 Å². The van der Waals surface area contributed by atoms with E-state index in [1.165, 1.54) is 0 Å². The number of aromatic nitrogens is 4. The van der Waals surface area contributed by atoms with E-state index in [0.29, 0.717) is 11.1 Å². The third-order valence-corrected chi connectivity index (χ3v) is 6.99. The van der Waals surface area contributed by atoms with Crippen LogP contribution in [0.4, 0.5) is 0 Å². The van der Waals surface area contributed by atoms with Gasteiger partial charge in [0.1, 0.15) is 11.3 Å². The molecule has 0 unspecified atom stereocenters. The highest BCUT2D eigenvalue weighted by Gasteiger charge is 2.35. The Morgan fingerprint density at radius 2 is 1.20 bits per heavy atom. The van der Waals surface area contributed by atoms with Crippen molar-refractivity contribution in [1.82, 2.24) is 29.7 Å². The van der Waals surface area contributed by atoms with E-state index in [1.807, 2.05) is 36.7 Å². The molecule has 0 aliphatic carbocycles. The van der Waals surface area contributed by atoms with Crippen molar-refractivity contribution >= 4 is 45.0 Å². The van der Waals surface area contributed by atoms with E-state index in [4.69, 9.17) is 0 Å². The Balaban J connectivity index is 1.58. The Morgan fingerprint density at radius 1 is 0.686 bits per heavy atom. The number of fused-ring (bicyclic) bond motifs is 12. The van der Waals surface area contributed by atoms with E-state index >= 15 is 0 Å². The molecule has 178 valence electrons. The highest BCUT2D eigenvalue weighted by molar-refractivity contribution is 6.50. The molecule has 2 N–H and O–H groups in total. The van der Waals surface area contributed by atoms with E-state index in [2.05, 4.69) is 29.7 Å². The molecule has 4 aromatic heterocycles. The molecule has 6 rings (SSSR count). The summed E-state index contributed by atoms with van der Waals surface area (Å²) < 4.78 is 4.23. The van der Waals surface area contributed by atoms with Crippen LogP contribution in [-0.4, -0.2) is 44.0 Å². The van der Waals surface area contributed by atoms with Crippen LogP contribution in [0.25, 0.3) is 33.2 Å². The normalized spacial score (nSPS) is 17.9. The molecule has 0 spiro atoms. The first-order valence-corrected chi connectivity index (χ1v) is 12.4. The number of nitrogens with zero attached hydrogens (tertiary/aromatic N) is 4. The first-order valence-electron chi connectivity index (χ1n) is 12.4. The number of hydrogen-bond donors (Lipinski definition) is 2. The minimum Gasteiger partial charge on any atom is -0.332 e. The maximum Gasteiger partial charge on any atom is 0.259 e. The number of pyridine rings is 2. The van der Waals surface area contributed by atoms with Crippen molar-refractivity contribution in [1.29, 1.82) is 0 Å². The third-order valence-electron chi connectivity index (χ3n) is 6.99. The Hall–Kier alpha value is -3.78. The lowest BCUT2D eigenvalue weighted by Crippen LogP contribution is -2.22. The fraction of sp³-hybridized carbons (Fsp3) is 0.333. The molecule has 8 heteroatoms. The van der Waals surface area contributed by atoms with Crippen LogP contribution in [-0.2, 0) is 22.7 Å². The van der Waals surface area contributed by atoms with Gasteiger partial charge < -0.3 is 14.5 Å². The van der Waals surface area contributed by atoms with Crippen molar-refractivity contribution < 1.29 is 9.59 Å². The molecule has 8 nitrogen and oxygen atoms in total. The second-order valence-electron chi connectivity index (χ2n) is 9.27. The second-order valence-corrected chi connectivity index (χ2v) is 9.27. The summed E-state index contributed by atoms with van der Waals surface area (Å²) in [5, 5.41) is 7.87. The first kappa shape index (κ1) is 21.7. The van der Waals surface area contributed by atoms with Gasteiger partial charge in [-0.15, -0.1) is 0 Å². The lowest BCUT2D eigenvalue weighted by atomic mass is 9.96. The van der Waals surface area contributed by atoms with E-state index in [-0.39, 0.29) is 11.8 Å². The molecular weight excluding hydrogens is 440 g/mol. The molecular formula is C27H28N6O2. The maximum absolute atomic E-state index is 13.2. The van der Waals surface area contributed by atoms with Gasteiger partial charge in [0.15, 0.2) is 0 Å². The Morgan fingerprint density at radius 3 is 1.77 bits per heavy atom. The lowest BCUT2D eigenvalue weighted by molar-refractivity contribution is -0.122. The molecule has 2 amide bonds. The van der Waals surface area contributed by atoms with E-state index in [0.717, 1.165) is 91.5 Å². The Bertz CT molecular complexity index is 1370. The molecule has 0 atom stereocenters. The molecule has 35 heavy (non-hydrogen) atoms. The predicted octanol–water partition coefficient (Wildman–Crippen LogP) is 3.51. The van der Waals surface area contributed by atoms with Crippen LogP contribution in [0, 0.1) is 0 Å². The van der Waals surface area contributed by atoms with Gasteiger partial charge in [0.2, 0.25) is 0 Å². The summed E-state index contributed by atoms with van der Waals surface area (Å²) in [5.41, 5.74) is 3.99. The van der Waals surface area contributed by atoms with Gasteiger partial charge in [0, 0.05) is 59.8 Å². The van der Waals surface area contributed by atoms with Crippen molar-refractivity contribution in [3.63, 3.8) is 0 Å². The van der Waals surface area contributed by atoms with Crippen molar-refractivity contribution in [2.45, 2.75) is 45.2 Å². The van der Waals surface area contributed by atoms with Crippen LogP contribution in [0.2, 0.25) is 0 Å². The van der Waals surface area contributed by atoms with Crippen molar-refractivity contribution in [3.8, 4) is 0 Å². The van der Waals surface area contributed by atoms with Gasteiger partial charge >= 0.3 is 0 Å². The summed E-state index contributed by atoms with van der Waals surface area (Å²) in [6, 6.07) is 7.71. The molecule has 2 aliphatic rings. The van der Waals surface area contributed by atoms with Gasteiger partial charge in [0.25, 0.3) is 11.8 Å². The standard InChI is InChI=1S/C27H28N6O2/c34-26-22-20-16-32(24-18(20)8-6-12-29-24)14-4-1-2-10-28-11-3-5-15-33-17-21(23(22)27(35)31-26)19-9-7-13-30-25(19)33/h6-9,12-13,16-17,28H,1-5,10-11,14-15H2,(H,31,34,35). The van der Waals surface area contributed by atoms with Crippen LogP contribution >= 0.6 is 0 Å². The van der Waals surface area contributed by atoms with E-state index < -0.39 is 0 Å². The van der Waals surface area contributed by atoms with Crippen molar-refractivity contribution in [3.05, 3.63) is 60.2 Å². The van der Waals surface area contributed by atoms with Gasteiger partial charge in [-0.2, -0.15) is 0 Å². The zero-order valence-electron chi connectivity index (χ0n) is 19.6. The summed E-state index contributed by atoms with van der Waals surface area (Å²) in [5.74, 6) is -0.727. The largest absolute Gasteiger partial charge is 0.332 e. The highest BCUT2D eigenvalue weighted by atomic mass is 16.2. The lowest BCUT2D eigenvalue weighted by Gasteiger charge is -2.07. The molecule has 2 aliphatic heterocycles. The number of aryl methyl sites for hydroxylation is 2. The zero-order valence-corrected chi connectivity index (χ0v) is 19.6. The van der Waals surface area contributed by atoms with Gasteiger partial charge in [-0.05, 0) is 63.0 Å². The molecule has 4 bridgehead atoms. The average molecular weight is 469 g/mol. The number of amides is 2. The van der Waals surface area contributed by atoms with E-state index in [1.54, 1.807) is 12.4 Å². The number of imide groups is 1. The van der Waals surface area contributed by atoms with Crippen molar-refractivity contribution in [2.24, 2.45) is 0 Å². The van der Waals surface area contributed by atoms with Crippen LogP contribution in [0.15, 0.2) is 49.1 Å². The second kappa shape index (κ2) is 9.11. The van der Waals surface area contributed by atoms with Gasteiger partial charge in [-0.25, -0.2) is 9.97 Å². The maximum atomic E-state index is 13.2. The summed E-state index contributed by atoms with van der Waals surface area (Å²) >= 11 is 0. The third kappa shape index (κ3) is 3.83. The molecule has 0 saturated carbocycles. The summed E-state index contributed by atoms with van der Waals surface area (Å²) in [4.78, 5) is 35.6. The number of nitrogens with one attached hydrogen (secondary N) is 2. The quantitative estimate of drug-likeness (QED) is 0.385. The minimum atomic E-state index is -0.365. The molecule has 0 saturated heterocycles. The van der Waals surface area contributed by atoms with Gasteiger partial charge in [0.05, 0.1) is 11.1 Å². The molecule has 6 heterocycles. The monoisotopic (exact) mass is 468 g/mol. The SMILES string of the molecule is O=C1NC(=O)C2=C1c1cn(c3ncccc13)CCCCCNCCCCn1cc2c2cccnc21. The van der Waals surface area contributed by atoms with Crippen LogP contribution in [0.3, 0.4) is 0 Å². The van der Waals surface area contributed by atoms with Crippen LogP contribution in [0.5, 0.6) is 0 Å². The van der Waals surface area contributed by atoms with Crippen LogP contribution in [0.1, 0.15) is 43.2 Å². The average Bonchev–Trinajstić information content (AvgIpc) is 3.50. The molecule has 4 aromatic rings. The summed E-state index contributed by atoms with van der Waals surface area (Å²) in [7, 11) is 0.